The van der Waals surface area contributed by atoms with Crippen molar-refractivity contribution in [3.05, 3.63) is 22.8 Å². The van der Waals surface area contributed by atoms with Crippen LogP contribution in [0.2, 0.25) is 5.02 Å². The normalized spacial score (nSPS) is 23.6. The number of nitrogens with zero attached hydrogens (tertiary/aromatic N) is 3. The van der Waals surface area contributed by atoms with Crippen LogP contribution in [0.1, 0.15) is 18.9 Å². The molecule has 2 amide bonds. The van der Waals surface area contributed by atoms with E-state index in [0.29, 0.717) is 0 Å². The number of anilines is 1. The van der Waals surface area contributed by atoms with Gasteiger partial charge in [0.15, 0.2) is 6.23 Å². The van der Waals surface area contributed by atoms with Gasteiger partial charge in [0.25, 0.3) is 6.43 Å². The van der Waals surface area contributed by atoms with Crippen molar-refractivity contribution in [1.29, 1.82) is 0 Å². The summed E-state index contributed by atoms with van der Waals surface area (Å²) in [6.45, 7) is 1.65. The third-order valence-corrected chi connectivity index (χ3v) is 3.48. The number of hydrogen-bond acceptors (Lipinski definition) is 3. The zero-order chi connectivity index (χ0) is 14.3. The van der Waals surface area contributed by atoms with Crippen molar-refractivity contribution < 1.29 is 18.7 Å². The van der Waals surface area contributed by atoms with Crippen LogP contribution in [-0.4, -0.2) is 40.3 Å². The first-order valence-corrected chi connectivity index (χ1v) is 5.90. The summed E-state index contributed by atoms with van der Waals surface area (Å²) in [4.78, 5) is 18.0. The number of aliphatic hydroxyl groups is 1. The Morgan fingerprint density at radius 3 is 2.63 bits per heavy atom. The minimum absolute atomic E-state index is 0.0478. The van der Waals surface area contributed by atoms with Crippen LogP contribution >= 0.6 is 11.6 Å². The van der Waals surface area contributed by atoms with Crippen LogP contribution in [-0.2, 0) is 0 Å². The second-order valence-electron chi connectivity index (χ2n) is 4.28. The molecule has 2 unspecified atom stereocenters. The molecule has 1 aromatic heterocycles. The smallest absolute Gasteiger partial charge is 0.328 e. The maximum atomic E-state index is 12.8. The molecule has 0 aliphatic carbocycles. The first kappa shape index (κ1) is 14.0. The average Bonchev–Trinajstić information content (AvgIpc) is 2.55. The standard InChI is InChI=1S/C11H12ClF2N3O2/c1-5-10(18)17(11(19)16(5)2)8-3-6(9(13)14)7(12)4-15-8/h3-5,9-10,18H,1-2H3. The Bertz CT molecular complexity index is 515. The molecule has 5 nitrogen and oxygen atoms in total. The molecule has 8 heteroatoms. The molecule has 0 aromatic carbocycles. The lowest BCUT2D eigenvalue weighted by atomic mass is 10.2. The van der Waals surface area contributed by atoms with E-state index < -0.39 is 30.3 Å². The highest BCUT2D eigenvalue weighted by molar-refractivity contribution is 6.31. The minimum Gasteiger partial charge on any atom is -0.371 e. The van der Waals surface area contributed by atoms with Crippen LogP contribution in [0.4, 0.5) is 19.4 Å². The SMILES string of the molecule is CC1C(O)N(c2cc(C(F)F)c(Cl)cn2)C(=O)N1C. The summed E-state index contributed by atoms with van der Waals surface area (Å²) in [7, 11) is 1.51. The summed E-state index contributed by atoms with van der Waals surface area (Å²) in [5, 5.41) is 9.77. The number of rotatable bonds is 2. The Hall–Kier alpha value is -1.47. The molecule has 0 spiro atoms. The number of carbonyl (C=O) groups excluding carboxylic acids is 1. The van der Waals surface area contributed by atoms with Gasteiger partial charge in [-0.2, -0.15) is 0 Å². The van der Waals surface area contributed by atoms with Gasteiger partial charge in [-0.3, -0.25) is 0 Å². The molecule has 1 aromatic rings. The number of likely N-dealkylation sites (N-methyl/N-ethyl adjacent to an activating group) is 1. The fraction of sp³-hybridized carbons (Fsp3) is 0.455. The first-order chi connectivity index (χ1) is 8.84. The molecular weight excluding hydrogens is 280 g/mol. The molecule has 2 atom stereocenters. The molecule has 2 heterocycles. The molecule has 1 fully saturated rings. The van der Waals surface area contributed by atoms with E-state index in [4.69, 9.17) is 11.6 Å². The molecule has 1 N–H and O–H groups in total. The number of alkyl halides is 2. The number of halogens is 3. The maximum absolute atomic E-state index is 12.8. The lowest BCUT2D eigenvalue weighted by Gasteiger charge is -2.19. The van der Waals surface area contributed by atoms with E-state index in [1.165, 1.54) is 11.9 Å². The van der Waals surface area contributed by atoms with Gasteiger partial charge in [0.2, 0.25) is 0 Å². The summed E-state index contributed by atoms with van der Waals surface area (Å²) in [6, 6.07) is 0.0509. The van der Waals surface area contributed by atoms with Crippen molar-refractivity contribution in [1.82, 2.24) is 9.88 Å². The average molecular weight is 292 g/mol. The molecule has 2 rings (SSSR count). The van der Waals surface area contributed by atoms with Crippen molar-refractivity contribution in [2.75, 3.05) is 11.9 Å². The van der Waals surface area contributed by atoms with Gasteiger partial charge in [0.1, 0.15) is 5.82 Å². The quantitative estimate of drug-likeness (QED) is 0.909. The monoisotopic (exact) mass is 291 g/mol. The highest BCUT2D eigenvalue weighted by Gasteiger charge is 2.42. The van der Waals surface area contributed by atoms with Gasteiger partial charge in [-0.25, -0.2) is 23.5 Å². The predicted octanol–water partition coefficient (Wildman–Crippen LogP) is 2.25. The number of aliphatic hydroxyl groups excluding tert-OH is 1. The van der Waals surface area contributed by atoms with Gasteiger partial charge >= 0.3 is 6.03 Å². The van der Waals surface area contributed by atoms with Gasteiger partial charge in [0, 0.05) is 18.8 Å². The van der Waals surface area contributed by atoms with Crippen LogP contribution < -0.4 is 4.90 Å². The molecule has 0 radical (unpaired) electrons. The van der Waals surface area contributed by atoms with Crippen LogP contribution in [0.15, 0.2) is 12.3 Å². The highest BCUT2D eigenvalue weighted by Crippen LogP contribution is 2.32. The van der Waals surface area contributed by atoms with E-state index in [1.54, 1.807) is 6.92 Å². The van der Waals surface area contributed by atoms with Crippen molar-refractivity contribution in [2.45, 2.75) is 25.6 Å². The predicted molar refractivity (Wildman–Crippen MR) is 65.3 cm³/mol. The van der Waals surface area contributed by atoms with E-state index in [9.17, 15) is 18.7 Å². The number of amides is 2. The number of urea groups is 1. The molecule has 0 bridgehead atoms. The zero-order valence-electron chi connectivity index (χ0n) is 10.2. The van der Waals surface area contributed by atoms with Crippen molar-refractivity contribution >= 4 is 23.4 Å². The topological polar surface area (TPSA) is 56.7 Å². The van der Waals surface area contributed by atoms with Crippen LogP contribution in [0, 0.1) is 0 Å². The number of carbonyl (C=O) groups is 1. The number of aromatic nitrogens is 1. The van der Waals surface area contributed by atoms with E-state index in [2.05, 4.69) is 4.98 Å². The van der Waals surface area contributed by atoms with Gasteiger partial charge in [-0.1, -0.05) is 11.6 Å². The Labute approximate surface area is 113 Å². The molecule has 1 aliphatic rings. The summed E-state index contributed by atoms with van der Waals surface area (Å²) in [5.41, 5.74) is -0.422. The van der Waals surface area contributed by atoms with Crippen LogP contribution in [0.5, 0.6) is 0 Å². The Morgan fingerprint density at radius 2 is 2.16 bits per heavy atom. The Balaban J connectivity index is 2.43. The summed E-state index contributed by atoms with van der Waals surface area (Å²) in [5.74, 6) is -0.0478. The summed E-state index contributed by atoms with van der Waals surface area (Å²) in [6.07, 6.45) is -2.88. The number of pyridine rings is 1. The molecule has 19 heavy (non-hydrogen) atoms. The van der Waals surface area contributed by atoms with E-state index in [-0.39, 0.29) is 10.8 Å². The largest absolute Gasteiger partial charge is 0.371 e. The molecule has 1 aliphatic heterocycles. The minimum atomic E-state index is -2.78. The molecule has 0 saturated carbocycles. The van der Waals surface area contributed by atoms with Crippen LogP contribution in [0.3, 0.4) is 0 Å². The highest BCUT2D eigenvalue weighted by atomic mass is 35.5. The van der Waals surface area contributed by atoms with E-state index in [1.807, 2.05) is 0 Å². The zero-order valence-corrected chi connectivity index (χ0v) is 11.0. The fourth-order valence-corrected chi connectivity index (χ4v) is 2.03. The van der Waals surface area contributed by atoms with Crippen molar-refractivity contribution in [3.63, 3.8) is 0 Å². The van der Waals surface area contributed by atoms with Gasteiger partial charge in [-0.05, 0) is 13.0 Å². The van der Waals surface area contributed by atoms with E-state index in [0.717, 1.165) is 17.2 Å². The molecule has 1 saturated heterocycles. The van der Waals surface area contributed by atoms with Gasteiger partial charge in [-0.15, -0.1) is 0 Å². The van der Waals surface area contributed by atoms with Crippen LogP contribution in [0.25, 0.3) is 0 Å². The lowest BCUT2D eigenvalue weighted by Crippen LogP contribution is -2.36. The second-order valence-corrected chi connectivity index (χ2v) is 4.69. The summed E-state index contributed by atoms with van der Waals surface area (Å²) < 4.78 is 25.5. The third kappa shape index (κ3) is 2.23. The lowest BCUT2D eigenvalue weighted by molar-refractivity contribution is 0.137. The fourth-order valence-electron chi connectivity index (χ4n) is 1.85. The van der Waals surface area contributed by atoms with Gasteiger partial charge in [0.05, 0.1) is 11.1 Å². The van der Waals surface area contributed by atoms with Crippen molar-refractivity contribution in [3.8, 4) is 0 Å². The maximum Gasteiger partial charge on any atom is 0.328 e. The second kappa shape index (κ2) is 4.90. The Kier molecular flexibility index (Phi) is 3.60. The van der Waals surface area contributed by atoms with E-state index >= 15 is 0 Å². The van der Waals surface area contributed by atoms with Crippen molar-refractivity contribution in [2.24, 2.45) is 0 Å². The third-order valence-electron chi connectivity index (χ3n) is 3.17. The first-order valence-electron chi connectivity index (χ1n) is 5.52. The van der Waals surface area contributed by atoms with Gasteiger partial charge < -0.3 is 10.0 Å². The number of hydrogen-bond donors (Lipinski definition) is 1. The summed E-state index contributed by atoms with van der Waals surface area (Å²) >= 11 is 5.61. The molecular formula is C11H12ClF2N3O2. The Morgan fingerprint density at radius 1 is 1.53 bits per heavy atom. The molecule has 104 valence electrons.